The molecule has 1 amide bonds. The van der Waals surface area contributed by atoms with Crippen molar-refractivity contribution in [3.05, 3.63) is 53.1 Å². The number of amides is 1. The molecule has 0 spiro atoms. The number of carbonyl (C=O) groups excluding carboxylic acids is 2. The lowest BCUT2D eigenvalue weighted by atomic mass is 9.87. The second-order valence-electron chi connectivity index (χ2n) is 9.97. The van der Waals surface area contributed by atoms with Crippen LogP contribution in [0.1, 0.15) is 37.7 Å². The highest BCUT2D eigenvalue weighted by Gasteiger charge is 2.36. The predicted molar refractivity (Wildman–Crippen MR) is 141 cm³/mol. The molecule has 202 valence electrons. The third kappa shape index (κ3) is 6.10. The van der Waals surface area contributed by atoms with E-state index in [9.17, 15) is 14.0 Å². The molecule has 1 saturated heterocycles. The van der Waals surface area contributed by atoms with Gasteiger partial charge in [0.2, 0.25) is 5.91 Å². The highest BCUT2D eigenvalue weighted by molar-refractivity contribution is 6.33. The number of hydrogen-bond acceptors (Lipinski definition) is 7. The van der Waals surface area contributed by atoms with Crippen LogP contribution in [0.4, 0.5) is 16.1 Å². The fraction of sp³-hybridized carbons (Fsp3) is 0.464. The number of hydrogen-bond donors (Lipinski definition) is 1. The standard InChI is InChI=1S/C28H31ClFN3O5/c1-36-27(35)18-7-9-21(10-8-18)37-16-20-14-19(30)15-33(20)26(34)13-17-6-11-24-25(12-17)38-28(32-24)31-23-5-3-2-4-22(23)29/h2-6,11-12,18-21H,7-10,13-16H2,1H3,(H,31,32)/t18?,19-,20-,21?/m0/s1. The molecule has 1 aliphatic heterocycles. The largest absolute Gasteiger partial charge is 0.469 e. The van der Waals surface area contributed by atoms with Gasteiger partial charge in [-0.25, -0.2) is 4.39 Å². The van der Waals surface area contributed by atoms with Gasteiger partial charge in [-0.05, 0) is 55.5 Å². The number of oxazole rings is 1. The fourth-order valence-corrected chi connectivity index (χ4v) is 5.47. The topological polar surface area (TPSA) is 93.9 Å². The number of nitrogens with zero attached hydrogens (tertiary/aromatic N) is 2. The van der Waals surface area contributed by atoms with Crippen molar-refractivity contribution >= 4 is 46.3 Å². The summed E-state index contributed by atoms with van der Waals surface area (Å²) >= 11 is 6.20. The SMILES string of the molecule is COC(=O)C1CCC(OC[C@@H]2C[C@H](F)CN2C(=O)Cc2ccc3nc(Nc4ccccc4Cl)oc3c2)CC1. The summed E-state index contributed by atoms with van der Waals surface area (Å²) < 4.78 is 31.1. The Balaban J connectivity index is 1.18. The molecule has 8 nitrogen and oxygen atoms in total. The summed E-state index contributed by atoms with van der Waals surface area (Å²) in [5, 5.41) is 3.61. The number of likely N-dealkylation sites (tertiary alicyclic amines) is 1. The van der Waals surface area contributed by atoms with Gasteiger partial charge in [-0.1, -0.05) is 29.8 Å². The molecule has 2 aromatic carbocycles. The van der Waals surface area contributed by atoms with Crippen molar-refractivity contribution in [2.75, 3.05) is 25.6 Å². The molecule has 1 aromatic heterocycles. The Hall–Kier alpha value is -3.17. The van der Waals surface area contributed by atoms with Crippen molar-refractivity contribution in [1.29, 1.82) is 0 Å². The minimum atomic E-state index is -1.07. The molecule has 38 heavy (non-hydrogen) atoms. The van der Waals surface area contributed by atoms with Crippen LogP contribution in [0.25, 0.3) is 11.1 Å². The molecule has 2 atom stereocenters. The number of carbonyl (C=O) groups is 2. The van der Waals surface area contributed by atoms with Gasteiger partial charge in [-0.3, -0.25) is 9.59 Å². The Labute approximate surface area is 225 Å². The summed E-state index contributed by atoms with van der Waals surface area (Å²) in [6.45, 7) is 0.357. The number of esters is 1. The van der Waals surface area contributed by atoms with Crippen LogP contribution in [0.15, 0.2) is 46.9 Å². The Bertz CT molecular complexity index is 1290. The molecule has 10 heteroatoms. The Morgan fingerprint density at radius 2 is 1.97 bits per heavy atom. The summed E-state index contributed by atoms with van der Waals surface area (Å²) in [5.74, 6) is -0.404. The van der Waals surface area contributed by atoms with E-state index in [0.29, 0.717) is 27.8 Å². The Morgan fingerprint density at radius 1 is 1.18 bits per heavy atom. The van der Waals surface area contributed by atoms with Gasteiger partial charge >= 0.3 is 5.97 Å². The zero-order chi connectivity index (χ0) is 26.6. The van der Waals surface area contributed by atoms with E-state index in [1.54, 1.807) is 23.1 Å². The van der Waals surface area contributed by atoms with Crippen molar-refractivity contribution in [2.24, 2.45) is 5.92 Å². The van der Waals surface area contributed by atoms with Crippen molar-refractivity contribution in [3.8, 4) is 0 Å². The molecule has 1 N–H and O–H groups in total. The maximum absolute atomic E-state index is 14.3. The van der Waals surface area contributed by atoms with E-state index in [1.807, 2.05) is 24.3 Å². The van der Waals surface area contributed by atoms with Gasteiger partial charge in [-0.2, -0.15) is 4.98 Å². The van der Waals surface area contributed by atoms with Crippen LogP contribution in [0.2, 0.25) is 5.02 Å². The molecular formula is C28H31ClFN3O5. The van der Waals surface area contributed by atoms with Crippen molar-refractivity contribution in [2.45, 2.75) is 56.8 Å². The number of alkyl halides is 1. The molecule has 0 unspecified atom stereocenters. The van der Waals surface area contributed by atoms with Gasteiger partial charge < -0.3 is 24.1 Å². The van der Waals surface area contributed by atoms with Gasteiger partial charge in [0, 0.05) is 6.42 Å². The fourth-order valence-electron chi connectivity index (χ4n) is 5.29. The quantitative estimate of drug-likeness (QED) is 0.377. The third-order valence-corrected chi connectivity index (χ3v) is 7.67. The number of methoxy groups -OCH3 is 1. The molecule has 5 rings (SSSR count). The highest BCUT2D eigenvalue weighted by atomic mass is 35.5. The van der Waals surface area contributed by atoms with E-state index in [1.165, 1.54) is 7.11 Å². The number of para-hydroxylation sites is 1. The Morgan fingerprint density at radius 3 is 2.74 bits per heavy atom. The summed E-state index contributed by atoms with van der Waals surface area (Å²) in [4.78, 5) is 30.9. The summed E-state index contributed by atoms with van der Waals surface area (Å²) in [5.41, 5.74) is 2.62. The van der Waals surface area contributed by atoms with E-state index >= 15 is 0 Å². The van der Waals surface area contributed by atoms with E-state index in [0.717, 1.165) is 31.2 Å². The highest BCUT2D eigenvalue weighted by Crippen LogP contribution is 2.30. The van der Waals surface area contributed by atoms with Crippen LogP contribution in [0.5, 0.6) is 0 Å². The molecule has 3 aromatic rings. The number of ether oxygens (including phenoxy) is 2. The summed E-state index contributed by atoms with van der Waals surface area (Å²) in [6.07, 6.45) is 2.27. The van der Waals surface area contributed by atoms with Gasteiger partial charge in [-0.15, -0.1) is 0 Å². The normalized spacial score (nSPS) is 23.5. The second kappa shape index (κ2) is 11.7. The molecular weight excluding hydrogens is 513 g/mol. The maximum Gasteiger partial charge on any atom is 0.308 e. The lowest BCUT2D eigenvalue weighted by Gasteiger charge is -2.30. The first-order chi connectivity index (χ1) is 18.4. The Kier molecular flexibility index (Phi) is 8.14. The zero-order valence-corrected chi connectivity index (χ0v) is 22.0. The monoisotopic (exact) mass is 543 g/mol. The number of rotatable bonds is 8. The smallest absolute Gasteiger partial charge is 0.308 e. The minimum Gasteiger partial charge on any atom is -0.469 e. The average Bonchev–Trinajstić information content (AvgIpc) is 3.50. The van der Waals surface area contributed by atoms with Crippen molar-refractivity contribution in [3.63, 3.8) is 0 Å². The zero-order valence-electron chi connectivity index (χ0n) is 21.2. The van der Waals surface area contributed by atoms with Crippen molar-refractivity contribution < 1.29 is 27.9 Å². The number of anilines is 2. The van der Waals surface area contributed by atoms with Crippen LogP contribution in [-0.2, 0) is 25.5 Å². The predicted octanol–water partition coefficient (Wildman–Crippen LogP) is 5.45. The molecule has 1 saturated carbocycles. The first-order valence-electron chi connectivity index (χ1n) is 12.9. The van der Waals surface area contributed by atoms with Gasteiger partial charge in [0.25, 0.3) is 6.01 Å². The van der Waals surface area contributed by atoms with Gasteiger partial charge in [0.15, 0.2) is 5.58 Å². The van der Waals surface area contributed by atoms with E-state index in [4.69, 9.17) is 25.5 Å². The number of fused-ring (bicyclic) bond motifs is 1. The number of halogens is 2. The van der Waals surface area contributed by atoms with Crippen LogP contribution >= 0.6 is 11.6 Å². The minimum absolute atomic E-state index is 0.00829. The van der Waals surface area contributed by atoms with Crippen LogP contribution < -0.4 is 5.32 Å². The molecule has 2 aliphatic rings. The molecule has 0 bridgehead atoms. The van der Waals surface area contributed by atoms with E-state index < -0.39 is 6.17 Å². The third-order valence-electron chi connectivity index (χ3n) is 7.34. The molecule has 2 fully saturated rings. The average molecular weight is 544 g/mol. The van der Waals surface area contributed by atoms with Gasteiger partial charge in [0.1, 0.15) is 11.7 Å². The maximum atomic E-state index is 14.3. The lowest BCUT2D eigenvalue weighted by Crippen LogP contribution is -2.40. The van der Waals surface area contributed by atoms with E-state index in [-0.39, 0.29) is 55.9 Å². The van der Waals surface area contributed by atoms with Crippen LogP contribution in [0.3, 0.4) is 0 Å². The lowest BCUT2D eigenvalue weighted by molar-refractivity contribution is -0.148. The second-order valence-corrected chi connectivity index (χ2v) is 10.4. The first-order valence-corrected chi connectivity index (χ1v) is 13.3. The van der Waals surface area contributed by atoms with E-state index in [2.05, 4.69) is 10.3 Å². The number of benzene rings is 2. The molecule has 1 aliphatic carbocycles. The molecule has 0 radical (unpaired) electrons. The van der Waals surface area contributed by atoms with Crippen LogP contribution in [-0.4, -0.2) is 60.3 Å². The van der Waals surface area contributed by atoms with Gasteiger partial charge in [0.05, 0.1) is 55.5 Å². The number of aromatic nitrogens is 1. The molecule has 2 heterocycles. The van der Waals surface area contributed by atoms with Crippen molar-refractivity contribution in [1.82, 2.24) is 9.88 Å². The number of nitrogens with one attached hydrogen (secondary N) is 1. The summed E-state index contributed by atoms with van der Waals surface area (Å²) in [6, 6.07) is 12.7. The van der Waals surface area contributed by atoms with Crippen LogP contribution in [0, 0.1) is 5.92 Å². The summed E-state index contributed by atoms with van der Waals surface area (Å²) in [7, 11) is 1.41. The first kappa shape index (κ1) is 26.4.